The number of anilines is 2. The SMILES string of the molecule is CC(c1ccc(-c2ccc(C(C)N3CCc4ccccc43)cc2)cc1)N1CCc2ccccc21. The Bertz CT molecular complexity index is 1190. The summed E-state index contributed by atoms with van der Waals surface area (Å²) in [7, 11) is 0. The Morgan fingerprint density at radius 3 is 1.29 bits per heavy atom. The third-order valence-corrected chi connectivity index (χ3v) is 7.90. The summed E-state index contributed by atoms with van der Waals surface area (Å²) in [6.07, 6.45) is 2.29. The van der Waals surface area contributed by atoms with Gasteiger partial charge in [0.25, 0.3) is 0 Å². The van der Waals surface area contributed by atoms with Gasteiger partial charge in [0.15, 0.2) is 0 Å². The first-order valence-corrected chi connectivity index (χ1v) is 12.6. The van der Waals surface area contributed by atoms with E-state index in [2.05, 4.69) is 121 Å². The zero-order valence-corrected chi connectivity index (χ0v) is 20.1. The number of fused-ring (bicyclic) bond motifs is 2. The summed E-state index contributed by atoms with van der Waals surface area (Å²) in [4.78, 5) is 5.08. The lowest BCUT2D eigenvalue weighted by molar-refractivity contribution is 0.696. The van der Waals surface area contributed by atoms with E-state index < -0.39 is 0 Å². The summed E-state index contributed by atoms with van der Waals surface area (Å²) in [6, 6.07) is 36.7. The maximum Gasteiger partial charge on any atom is 0.0514 e. The van der Waals surface area contributed by atoms with E-state index in [1.807, 2.05) is 0 Å². The fraction of sp³-hybridized carbons (Fsp3) is 0.250. The van der Waals surface area contributed by atoms with Crippen LogP contribution >= 0.6 is 0 Å². The monoisotopic (exact) mass is 444 g/mol. The molecule has 170 valence electrons. The van der Waals surface area contributed by atoms with Crippen LogP contribution in [0.2, 0.25) is 0 Å². The molecule has 2 unspecified atom stereocenters. The second kappa shape index (κ2) is 8.68. The van der Waals surface area contributed by atoms with Crippen LogP contribution in [-0.2, 0) is 12.8 Å². The molecule has 2 aliphatic rings. The first-order chi connectivity index (χ1) is 16.7. The highest BCUT2D eigenvalue weighted by Gasteiger charge is 2.25. The highest BCUT2D eigenvalue weighted by atomic mass is 15.2. The van der Waals surface area contributed by atoms with Gasteiger partial charge in [-0.3, -0.25) is 0 Å². The number of hydrogen-bond donors (Lipinski definition) is 0. The van der Waals surface area contributed by atoms with Crippen molar-refractivity contribution in [3.8, 4) is 11.1 Å². The summed E-state index contributed by atoms with van der Waals surface area (Å²) in [5, 5.41) is 0. The zero-order valence-electron chi connectivity index (χ0n) is 20.1. The average Bonchev–Trinajstić information content (AvgIpc) is 3.53. The molecule has 2 aliphatic heterocycles. The van der Waals surface area contributed by atoms with E-state index in [9.17, 15) is 0 Å². The average molecular weight is 445 g/mol. The van der Waals surface area contributed by atoms with Crippen molar-refractivity contribution in [1.29, 1.82) is 0 Å². The van der Waals surface area contributed by atoms with E-state index in [1.165, 1.54) is 44.8 Å². The molecule has 0 amide bonds. The molecule has 6 rings (SSSR count). The maximum absolute atomic E-state index is 2.54. The van der Waals surface area contributed by atoms with Crippen LogP contribution in [0.15, 0.2) is 97.1 Å². The summed E-state index contributed by atoms with van der Waals surface area (Å²) in [5.74, 6) is 0. The lowest BCUT2D eigenvalue weighted by Crippen LogP contribution is -2.24. The van der Waals surface area contributed by atoms with Gasteiger partial charge >= 0.3 is 0 Å². The molecule has 0 radical (unpaired) electrons. The zero-order chi connectivity index (χ0) is 23.1. The van der Waals surface area contributed by atoms with Crippen LogP contribution < -0.4 is 9.80 Å². The molecule has 0 spiro atoms. The van der Waals surface area contributed by atoms with Crippen molar-refractivity contribution >= 4 is 11.4 Å². The Morgan fingerprint density at radius 2 is 0.882 bits per heavy atom. The summed E-state index contributed by atoms with van der Waals surface area (Å²) in [5.41, 5.74) is 11.0. The molecule has 4 aromatic rings. The van der Waals surface area contributed by atoms with Gasteiger partial charge in [-0.1, -0.05) is 84.9 Å². The molecule has 0 bridgehead atoms. The number of benzene rings is 4. The fourth-order valence-electron chi connectivity index (χ4n) is 5.80. The van der Waals surface area contributed by atoms with E-state index in [0.717, 1.165) is 25.9 Å². The normalized spacial score (nSPS) is 16.3. The maximum atomic E-state index is 2.54. The van der Waals surface area contributed by atoms with Crippen LogP contribution in [0.1, 0.15) is 48.2 Å². The Kier molecular flexibility index (Phi) is 5.37. The fourth-order valence-corrected chi connectivity index (χ4v) is 5.80. The van der Waals surface area contributed by atoms with Crippen LogP contribution in [0.3, 0.4) is 0 Å². The van der Waals surface area contributed by atoms with Gasteiger partial charge < -0.3 is 9.80 Å². The highest BCUT2D eigenvalue weighted by Crippen LogP contribution is 2.37. The second-order valence-electron chi connectivity index (χ2n) is 9.74. The molecular formula is C32H32N2. The molecule has 2 heterocycles. The third kappa shape index (κ3) is 3.68. The molecule has 2 nitrogen and oxygen atoms in total. The molecule has 4 aromatic carbocycles. The van der Waals surface area contributed by atoms with Crippen molar-refractivity contribution in [1.82, 2.24) is 0 Å². The molecule has 2 atom stereocenters. The minimum atomic E-state index is 0.379. The van der Waals surface area contributed by atoms with Crippen molar-refractivity contribution < 1.29 is 0 Å². The molecule has 2 heteroatoms. The van der Waals surface area contributed by atoms with E-state index in [-0.39, 0.29) is 0 Å². The molecule has 0 saturated carbocycles. The van der Waals surface area contributed by atoms with Gasteiger partial charge in [-0.2, -0.15) is 0 Å². The Balaban J connectivity index is 1.17. The lowest BCUT2D eigenvalue weighted by atomic mass is 9.98. The first-order valence-electron chi connectivity index (χ1n) is 12.6. The van der Waals surface area contributed by atoms with Gasteiger partial charge in [-0.05, 0) is 72.2 Å². The largest absolute Gasteiger partial charge is 0.364 e. The molecule has 34 heavy (non-hydrogen) atoms. The summed E-state index contributed by atoms with van der Waals surface area (Å²) < 4.78 is 0. The molecule has 0 aliphatic carbocycles. The third-order valence-electron chi connectivity index (χ3n) is 7.90. The number of para-hydroxylation sites is 2. The lowest BCUT2D eigenvalue weighted by Gasteiger charge is -2.28. The summed E-state index contributed by atoms with van der Waals surface area (Å²) in [6.45, 7) is 6.85. The Morgan fingerprint density at radius 1 is 0.500 bits per heavy atom. The Labute approximate surface area is 203 Å². The van der Waals surface area contributed by atoms with Crippen molar-refractivity contribution in [3.05, 3.63) is 119 Å². The van der Waals surface area contributed by atoms with Crippen molar-refractivity contribution in [2.24, 2.45) is 0 Å². The first kappa shape index (κ1) is 21.0. The minimum Gasteiger partial charge on any atom is -0.364 e. The van der Waals surface area contributed by atoms with Crippen LogP contribution in [-0.4, -0.2) is 13.1 Å². The Hall–Kier alpha value is -3.52. The van der Waals surface area contributed by atoms with E-state index in [0.29, 0.717) is 12.1 Å². The predicted octanol–water partition coefficient (Wildman–Crippen LogP) is 7.60. The predicted molar refractivity (Wildman–Crippen MR) is 144 cm³/mol. The number of nitrogens with zero attached hydrogens (tertiary/aromatic N) is 2. The molecule has 0 N–H and O–H groups in total. The topological polar surface area (TPSA) is 6.48 Å². The van der Waals surface area contributed by atoms with Crippen LogP contribution in [0.4, 0.5) is 11.4 Å². The minimum absolute atomic E-state index is 0.379. The highest BCUT2D eigenvalue weighted by molar-refractivity contribution is 5.66. The smallest absolute Gasteiger partial charge is 0.0514 e. The van der Waals surface area contributed by atoms with Crippen LogP contribution in [0.5, 0.6) is 0 Å². The van der Waals surface area contributed by atoms with Gasteiger partial charge in [0.2, 0.25) is 0 Å². The van der Waals surface area contributed by atoms with Gasteiger partial charge in [0.1, 0.15) is 0 Å². The van der Waals surface area contributed by atoms with Crippen LogP contribution in [0.25, 0.3) is 11.1 Å². The van der Waals surface area contributed by atoms with Crippen LogP contribution in [0, 0.1) is 0 Å². The van der Waals surface area contributed by atoms with Gasteiger partial charge in [-0.15, -0.1) is 0 Å². The number of rotatable bonds is 5. The summed E-state index contributed by atoms with van der Waals surface area (Å²) >= 11 is 0. The van der Waals surface area contributed by atoms with Crippen molar-refractivity contribution in [2.75, 3.05) is 22.9 Å². The van der Waals surface area contributed by atoms with E-state index in [4.69, 9.17) is 0 Å². The molecule has 0 aromatic heterocycles. The number of hydrogen-bond acceptors (Lipinski definition) is 2. The second-order valence-corrected chi connectivity index (χ2v) is 9.74. The van der Waals surface area contributed by atoms with Crippen molar-refractivity contribution in [2.45, 2.75) is 38.8 Å². The van der Waals surface area contributed by atoms with Gasteiger partial charge in [0, 0.05) is 24.5 Å². The van der Waals surface area contributed by atoms with E-state index >= 15 is 0 Å². The molecular weight excluding hydrogens is 412 g/mol. The molecule has 0 saturated heterocycles. The standard InChI is InChI=1S/C32H32N2/c1-23(33-21-19-29-7-3-5-9-31(29)33)25-11-15-27(16-12-25)28-17-13-26(14-18-28)24(2)34-22-20-30-8-4-6-10-32(30)34/h3-18,23-24H,19-22H2,1-2H3. The quantitative estimate of drug-likeness (QED) is 0.313. The van der Waals surface area contributed by atoms with Gasteiger partial charge in [-0.25, -0.2) is 0 Å². The van der Waals surface area contributed by atoms with Gasteiger partial charge in [0.05, 0.1) is 12.1 Å². The molecule has 0 fully saturated rings. The van der Waals surface area contributed by atoms with Crippen molar-refractivity contribution in [3.63, 3.8) is 0 Å². The van der Waals surface area contributed by atoms with E-state index in [1.54, 1.807) is 0 Å².